The van der Waals surface area contributed by atoms with Crippen LogP contribution in [-0.4, -0.2) is 19.9 Å². The van der Waals surface area contributed by atoms with Crippen molar-refractivity contribution in [1.82, 2.24) is 0 Å². The Bertz CT molecular complexity index is 277. The van der Waals surface area contributed by atoms with Crippen molar-refractivity contribution in [3.05, 3.63) is 23.3 Å². The lowest BCUT2D eigenvalue weighted by atomic mass is 9.94. The summed E-state index contributed by atoms with van der Waals surface area (Å²) in [6, 6.07) is 0. The summed E-state index contributed by atoms with van der Waals surface area (Å²) in [5.74, 6) is 0. The zero-order valence-electron chi connectivity index (χ0n) is 9.41. The third kappa shape index (κ3) is 4.19. The molecule has 0 bridgehead atoms. The van der Waals surface area contributed by atoms with Crippen LogP contribution in [-0.2, 0) is 9.47 Å². The highest BCUT2D eigenvalue weighted by Gasteiger charge is 2.05. The minimum absolute atomic E-state index is 0.288. The van der Waals surface area contributed by atoms with Gasteiger partial charge in [0.05, 0.1) is 7.11 Å². The van der Waals surface area contributed by atoms with E-state index in [9.17, 15) is 4.79 Å². The van der Waals surface area contributed by atoms with Gasteiger partial charge in [-0.3, -0.25) is 0 Å². The monoisotopic (exact) mass is 210 g/mol. The molecule has 1 aliphatic rings. The Morgan fingerprint density at radius 3 is 2.93 bits per heavy atom. The standard InChI is InChI=1S/C12H18O3/c1-10(8-9-15-12(13)14-2)11-6-4-3-5-7-11/h6,8H,3-5,7,9H2,1-2H3/b10-8+. The highest BCUT2D eigenvalue weighted by Crippen LogP contribution is 2.23. The van der Waals surface area contributed by atoms with Crippen LogP contribution in [0.4, 0.5) is 4.79 Å². The molecular weight excluding hydrogens is 192 g/mol. The molecule has 0 aromatic rings. The van der Waals surface area contributed by atoms with E-state index in [1.165, 1.54) is 37.5 Å². The average Bonchev–Trinajstić information content (AvgIpc) is 2.29. The number of methoxy groups -OCH3 is 1. The van der Waals surface area contributed by atoms with Gasteiger partial charge in [-0.05, 0) is 49.8 Å². The minimum Gasteiger partial charge on any atom is -0.438 e. The van der Waals surface area contributed by atoms with Crippen LogP contribution in [0.2, 0.25) is 0 Å². The maximum Gasteiger partial charge on any atom is 0.508 e. The Morgan fingerprint density at radius 2 is 2.33 bits per heavy atom. The first-order valence-corrected chi connectivity index (χ1v) is 5.31. The topological polar surface area (TPSA) is 35.5 Å². The van der Waals surface area contributed by atoms with Crippen LogP contribution in [0.5, 0.6) is 0 Å². The summed E-state index contributed by atoms with van der Waals surface area (Å²) in [6.07, 6.45) is 8.42. The third-order valence-electron chi connectivity index (χ3n) is 2.55. The summed E-state index contributed by atoms with van der Waals surface area (Å²) in [6.45, 7) is 2.34. The maximum absolute atomic E-state index is 10.7. The van der Waals surface area contributed by atoms with E-state index >= 15 is 0 Å². The Hall–Kier alpha value is -1.25. The number of carbonyl (C=O) groups excluding carboxylic acids is 1. The summed E-state index contributed by atoms with van der Waals surface area (Å²) in [4.78, 5) is 10.7. The fourth-order valence-electron chi connectivity index (χ4n) is 1.62. The number of hydrogen-bond donors (Lipinski definition) is 0. The molecule has 0 aromatic carbocycles. The van der Waals surface area contributed by atoms with Crippen molar-refractivity contribution in [3.8, 4) is 0 Å². The Labute approximate surface area is 90.8 Å². The smallest absolute Gasteiger partial charge is 0.438 e. The molecule has 0 aromatic heterocycles. The van der Waals surface area contributed by atoms with E-state index in [0.29, 0.717) is 0 Å². The molecule has 15 heavy (non-hydrogen) atoms. The molecule has 0 unspecified atom stereocenters. The van der Waals surface area contributed by atoms with Crippen molar-refractivity contribution in [2.45, 2.75) is 32.6 Å². The molecule has 0 radical (unpaired) electrons. The van der Waals surface area contributed by atoms with Gasteiger partial charge in [-0.2, -0.15) is 0 Å². The predicted molar refractivity (Wildman–Crippen MR) is 58.7 cm³/mol. The van der Waals surface area contributed by atoms with Crippen LogP contribution in [0.1, 0.15) is 32.6 Å². The second-order valence-corrected chi connectivity index (χ2v) is 3.63. The van der Waals surface area contributed by atoms with E-state index in [4.69, 9.17) is 4.74 Å². The first-order valence-electron chi connectivity index (χ1n) is 5.31. The summed E-state index contributed by atoms with van der Waals surface area (Å²) >= 11 is 0. The van der Waals surface area contributed by atoms with Crippen molar-refractivity contribution >= 4 is 6.16 Å². The van der Waals surface area contributed by atoms with Gasteiger partial charge in [0.1, 0.15) is 6.61 Å². The number of carbonyl (C=O) groups is 1. The molecular formula is C12H18O3. The first kappa shape index (κ1) is 11.8. The number of ether oxygens (including phenoxy) is 2. The Kier molecular flexibility index (Phi) is 4.95. The van der Waals surface area contributed by atoms with Gasteiger partial charge in [-0.1, -0.05) is 6.08 Å². The second-order valence-electron chi connectivity index (χ2n) is 3.63. The van der Waals surface area contributed by atoms with E-state index in [2.05, 4.69) is 17.7 Å². The fraction of sp³-hybridized carbons (Fsp3) is 0.583. The molecule has 0 heterocycles. The fourth-order valence-corrected chi connectivity index (χ4v) is 1.62. The van der Waals surface area contributed by atoms with Crippen LogP contribution in [0.15, 0.2) is 23.3 Å². The lowest BCUT2D eigenvalue weighted by molar-refractivity contribution is 0.0817. The summed E-state index contributed by atoms with van der Waals surface area (Å²) < 4.78 is 9.16. The summed E-state index contributed by atoms with van der Waals surface area (Å²) in [7, 11) is 1.31. The molecule has 3 heteroatoms. The number of allylic oxidation sites excluding steroid dienone is 3. The minimum atomic E-state index is -0.628. The normalized spacial score (nSPS) is 16.9. The van der Waals surface area contributed by atoms with E-state index < -0.39 is 6.16 Å². The van der Waals surface area contributed by atoms with Gasteiger partial charge in [-0.15, -0.1) is 0 Å². The third-order valence-corrected chi connectivity index (χ3v) is 2.55. The SMILES string of the molecule is COC(=O)OC/C=C(\C)C1=CCCCC1. The van der Waals surface area contributed by atoms with Crippen LogP contribution >= 0.6 is 0 Å². The maximum atomic E-state index is 10.7. The van der Waals surface area contributed by atoms with Crippen molar-refractivity contribution in [2.24, 2.45) is 0 Å². The zero-order valence-corrected chi connectivity index (χ0v) is 9.41. The van der Waals surface area contributed by atoms with Crippen LogP contribution in [0.3, 0.4) is 0 Å². The molecule has 0 saturated carbocycles. The Balaban J connectivity index is 2.38. The van der Waals surface area contributed by atoms with Crippen molar-refractivity contribution in [3.63, 3.8) is 0 Å². The van der Waals surface area contributed by atoms with Crippen LogP contribution in [0, 0.1) is 0 Å². The molecule has 0 atom stereocenters. The largest absolute Gasteiger partial charge is 0.508 e. The van der Waals surface area contributed by atoms with Gasteiger partial charge >= 0.3 is 6.16 Å². The molecule has 1 aliphatic carbocycles. The molecule has 84 valence electrons. The highest BCUT2D eigenvalue weighted by molar-refractivity contribution is 5.59. The summed E-state index contributed by atoms with van der Waals surface area (Å²) in [5.41, 5.74) is 2.59. The lowest BCUT2D eigenvalue weighted by Crippen LogP contribution is -2.04. The molecule has 1 rings (SSSR count). The van der Waals surface area contributed by atoms with Crippen molar-refractivity contribution in [2.75, 3.05) is 13.7 Å². The van der Waals surface area contributed by atoms with Gasteiger partial charge in [0.15, 0.2) is 0 Å². The van der Waals surface area contributed by atoms with Gasteiger partial charge in [0.2, 0.25) is 0 Å². The van der Waals surface area contributed by atoms with Gasteiger partial charge in [0.25, 0.3) is 0 Å². The van der Waals surface area contributed by atoms with E-state index in [1.807, 2.05) is 6.08 Å². The zero-order chi connectivity index (χ0) is 11.1. The quantitative estimate of drug-likeness (QED) is 0.671. The number of hydrogen-bond acceptors (Lipinski definition) is 3. The van der Waals surface area contributed by atoms with Crippen LogP contribution in [0.25, 0.3) is 0 Å². The van der Waals surface area contributed by atoms with E-state index in [1.54, 1.807) is 0 Å². The average molecular weight is 210 g/mol. The molecule has 3 nitrogen and oxygen atoms in total. The highest BCUT2D eigenvalue weighted by atomic mass is 16.7. The van der Waals surface area contributed by atoms with Crippen molar-refractivity contribution in [1.29, 1.82) is 0 Å². The van der Waals surface area contributed by atoms with Crippen molar-refractivity contribution < 1.29 is 14.3 Å². The molecule has 0 fully saturated rings. The molecule has 0 aliphatic heterocycles. The Morgan fingerprint density at radius 1 is 1.53 bits per heavy atom. The second kappa shape index (κ2) is 6.27. The summed E-state index contributed by atoms with van der Waals surface area (Å²) in [5, 5.41) is 0. The molecule has 0 spiro atoms. The molecule has 0 amide bonds. The van der Waals surface area contributed by atoms with Crippen LogP contribution < -0.4 is 0 Å². The van der Waals surface area contributed by atoms with Gasteiger partial charge in [-0.25, -0.2) is 4.79 Å². The molecule has 0 saturated heterocycles. The predicted octanol–water partition coefficient (Wildman–Crippen LogP) is 3.22. The van der Waals surface area contributed by atoms with E-state index in [-0.39, 0.29) is 6.61 Å². The lowest BCUT2D eigenvalue weighted by Gasteiger charge is -2.13. The van der Waals surface area contributed by atoms with Gasteiger partial charge < -0.3 is 9.47 Å². The molecule has 0 N–H and O–H groups in total. The number of rotatable bonds is 3. The van der Waals surface area contributed by atoms with Gasteiger partial charge in [0, 0.05) is 0 Å². The first-order chi connectivity index (χ1) is 7.24. The van der Waals surface area contributed by atoms with E-state index in [0.717, 1.165) is 6.42 Å².